The van der Waals surface area contributed by atoms with Crippen LogP contribution in [0.5, 0.6) is 0 Å². The van der Waals surface area contributed by atoms with E-state index in [9.17, 15) is 9.59 Å². The Labute approximate surface area is 132 Å². The number of fused-ring (bicyclic) bond motifs is 1. The van der Waals surface area contributed by atoms with Crippen LogP contribution in [0.1, 0.15) is 31.7 Å². The number of thioether (sulfide) groups is 1. The van der Waals surface area contributed by atoms with Crippen molar-refractivity contribution >= 4 is 28.6 Å². The van der Waals surface area contributed by atoms with Gasteiger partial charge in [0.2, 0.25) is 5.91 Å². The highest BCUT2D eigenvalue weighted by Crippen LogP contribution is 2.36. The molecule has 2 saturated carbocycles. The lowest BCUT2D eigenvalue weighted by Gasteiger charge is -2.12. The molecule has 2 fully saturated rings. The van der Waals surface area contributed by atoms with E-state index >= 15 is 0 Å². The molecule has 0 saturated heterocycles. The Morgan fingerprint density at radius 1 is 1.27 bits per heavy atom. The van der Waals surface area contributed by atoms with Crippen molar-refractivity contribution in [2.75, 3.05) is 5.75 Å². The van der Waals surface area contributed by atoms with Gasteiger partial charge in [-0.25, -0.2) is 4.98 Å². The Hall–Kier alpha value is -1.82. The molecule has 1 amide bonds. The van der Waals surface area contributed by atoms with Gasteiger partial charge in [-0.05, 0) is 37.8 Å². The third kappa shape index (κ3) is 2.75. The van der Waals surface area contributed by atoms with Gasteiger partial charge in [-0.15, -0.1) is 0 Å². The second-order valence-electron chi connectivity index (χ2n) is 5.95. The summed E-state index contributed by atoms with van der Waals surface area (Å²) in [6.07, 6.45) is 4.19. The first-order chi connectivity index (χ1) is 10.7. The normalized spacial score (nSPS) is 17.6. The SMILES string of the molecule is O=C(CSc1nc2ccccc2c(=O)n1C1CC1)NC1CC1. The molecule has 1 heterocycles. The van der Waals surface area contributed by atoms with E-state index < -0.39 is 0 Å². The fourth-order valence-electron chi connectivity index (χ4n) is 2.51. The highest BCUT2D eigenvalue weighted by molar-refractivity contribution is 7.99. The van der Waals surface area contributed by atoms with Gasteiger partial charge in [-0.1, -0.05) is 23.9 Å². The van der Waals surface area contributed by atoms with Crippen LogP contribution in [0.15, 0.2) is 34.2 Å². The van der Waals surface area contributed by atoms with E-state index in [0.29, 0.717) is 27.9 Å². The van der Waals surface area contributed by atoms with E-state index in [0.717, 1.165) is 25.7 Å². The quantitative estimate of drug-likeness (QED) is 0.678. The van der Waals surface area contributed by atoms with Gasteiger partial charge in [-0.3, -0.25) is 14.2 Å². The van der Waals surface area contributed by atoms with E-state index in [-0.39, 0.29) is 17.5 Å². The van der Waals surface area contributed by atoms with Crippen LogP contribution in [-0.2, 0) is 4.79 Å². The molecule has 22 heavy (non-hydrogen) atoms. The Balaban J connectivity index is 1.64. The average molecular weight is 315 g/mol. The summed E-state index contributed by atoms with van der Waals surface area (Å²) in [7, 11) is 0. The van der Waals surface area contributed by atoms with E-state index in [1.54, 1.807) is 4.57 Å². The highest BCUT2D eigenvalue weighted by Gasteiger charge is 2.29. The van der Waals surface area contributed by atoms with Crippen LogP contribution in [0.4, 0.5) is 0 Å². The van der Waals surface area contributed by atoms with Crippen molar-refractivity contribution in [3.63, 3.8) is 0 Å². The van der Waals surface area contributed by atoms with Gasteiger partial charge in [0.15, 0.2) is 5.16 Å². The topological polar surface area (TPSA) is 64.0 Å². The molecule has 0 atom stereocenters. The summed E-state index contributed by atoms with van der Waals surface area (Å²) in [5.74, 6) is 0.339. The first kappa shape index (κ1) is 13.8. The molecular formula is C16H17N3O2S. The number of carbonyl (C=O) groups excluding carboxylic acids is 1. The standard InChI is InChI=1S/C16H17N3O2S/c20-14(17-10-5-6-10)9-22-16-18-13-4-2-1-3-12(13)15(21)19(16)11-7-8-11/h1-4,10-11H,5-9H2,(H,17,20). The molecule has 0 bridgehead atoms. The molecule has 2 aromatic rings. The molecule has 6 heteroatoms. The van der Waals surface area contributed by atoms with Crippen LogP contribution in [0.3, 0.4) is 0 Å². The molecule has 114 valence electrons. The van der Waals surface area contributed by atoms with Crippen LogP contribution >= 0.6 is 11.8 Å². The molecule has 0 unspecified atom stereocenters. The van der Waals surface area contributed by atoms with Crippen LogP contribution in [0.25, 0.3) is 10.9 Å². The number of nitrogens with one attached hydrogen (secondary N) is 1. The molecule has 1 aromatic carbocycles. The lowest BCUT2D eigenvalue weighted by atomic mass is 10.2. The van der Waals surface area contributed by atoms with Crippen molar-refractivity contribution in [2.24, 2.45) is 0 Å². The summed E-state index contributed by atoms with van der Waals surface area (Å²) < 4.78 is 1.78. The van der Waals surface area contributed by atoms with Crippen LogP contribution in [0.2, 0.25) is 0 Å². The van der Waals surface area contributed by atoms with Crippen molar-refractivity contribution in [1.29, 1.82) is 0 Å². The van der Waals surface area contributed by atoms with Crippen molar-refractivity contribution in [3.8, 4) is 0 Å². The zero-order valence-corrected chi connectivity index (χ0v) is 12.9. The minimum absolute atomic E-state index is 0.0122. The predicted molar refractivity (Wildman–Crippen MR) is 86.2 cm³/mol. The molecule has 0 aliphatic heterocycles. The number of benzene rings is 1. The molecular weight excluding hydrogens is 298 g/mol. The third-order valence-corrected chi connectivity index (χ3v) is 4.91. The number of aromatic nitrogens is 2. The zero-order valence-electron chi connectivity index (χ0n) is 12.1. The number of rotatable bonds is 5. The van der Waals surface area contributed by atoms with Gasteiger partial charge in [0.25, 0.3) is 5.56 Å². The molecule has 0 spiro atoms. The maximum Gasteiger partial charge on any atom is 0.262 e. The lowest BCUT2D eigenvalue weighted by molar-refractivity contribution is -0.118. The maximum absolute atomic E-state index is 12.7. The van der Waals surface area contributed by atoms with E-state index in [1.807, 2.05) is 24.3 Å². The predicted octanol–water partition coefficient (Wildman–Crippen LogP) is 2.10. The number of para-hydroxylation sites is 1. The van der Waals surface area contributed by atoms with E-state index in [4.69, 9.17) is 0 Å². The van der Waals surface area contributed by atoms with Gasteiger partial charge >= 0.3 is 0 Å². The summed E-state index contributed by atoms with van der Waals surface area (Å²) >= 11 is 1.36. The van der Waals surface area contributed by atoms with E-state index in [1.165, 1.54) is 11.8 Å². The van der Waals surface area contributed by atoms with Gasteiger partial charge < -0.3 is 5.32 Å². The van der Waals surface area contributed by atoms with Gasteiger partial charge in [0.1, 0.15) is 0 Å². The Kier molecular flexibility index (Phi) is 3.41. The number of hydrogen-bond donors (Lipinski definition) is 1. The molecule has 4 rings (SSSR count). The number of amides is 1. The summed E-state index contributed by atoms with van der Waals surface area (Å²) in [5, 5.41) is 4.28. The number of nitrogens with zero attached hydrogens (tertiary/aromatic N) is 2. The molecule has 5 nitrogen and oxygen atoms in total. The van der Waals surface area contributed by atoms with Crippen molar-refractivity contribution < 1.29 is 4.79 Å². The second kappa shape index (κ2) is 5.43. The third-order valence-electron chi connectivity index (χ3n) is 3.96. The minimum Gasteiger partial charge on any atom is -0.353 e. The summed E-state index contributed by atoms with van der Waals surface area (Å²) in [6, 6.07) is 8.02. The minimum atomic E-state index is 0.0122. The average Bonchev–Trinajstić information content (AvgIpc) is 3.40. The summed E-state index contributed by atoms with van der Waals surface area (Å²) in [4.78, 5) is 29.1. The highest BCUT2D eigenvalue weighted by atomic mass is 32.2. The molecule has 1 aromatic heterocycles. The number of hydrogen-bond acceptors (Lipinski definition) is 4. The van der Waals surface area contributed by atoms with Gasteiger partial charge in [0.05, 0.1) is 16.7 Å². The largest absolute Gasteiger partial charge is 0.353 e. The van der Waals surface area contributed by atoms with Crippen LogP contribution in [0, 0.1) is 0 Å². The van der Waals surface area contributed by atoms with Crippen LogP contribution in [-0.4, -0.2) is 27.3 Å². The first-order valence-corrected chi connectivity index (χ1v) is 8.64. The monoisotopic (exact) mass is 315 g/mol. The lowest BCUT2D eigenvalue weighted by Crippen LogP contribution is -2.28. The molecule has 2 aliphatic carbocycles. The fraction of sp³-hybridized carbons (Fsp3) is 0.438. The first-order valence-electron chi connectivity index (χ1n) is 7.66. The second-order valence-corrected chi connectivity index (χ2v) is 6.89. The molecule has 0 radical (unpaired) electrons. The summed E-state index contributed by atoms with van der Waals surface area (Å²) in [6.45, 7) is 0. The van der Waals surface area contributed by atoms with Crippen molar-refractivity contribution in [2.45, 2.75) is 42.9 Å². The Bertz CT molecular complexity index is 794. The van der Waals surface area contributed by atoms with E-state index in [2.05, 4.69) is 10.3 Å². The summed E-state index contributed by atoms with van der Waals surface area (Å²) in [5.41, 5.74) is 0.715. The number of carbonyl (C=O) groups is 1. The van der Waals surface area contributed by atoms with Gasteiger partial charge in [0, 0.05) is 12.1 Å². The molecule has 1 N–H and O–H groups in total. The zero-order chi connectivity index (χ0) is 15.1. The van der Waals surface area contributed by atoms with Gasteiger partial charge in [-0.2, -0.15) is 0 Å². The molecule has 2 aliphatic rings. The Morgan fingerprint density at radius 3 is 2.77 bits per heavy atom. The van der Waals surface area contributed by atoms with Crippen molar-refractivity contribution in [3.05, 3.63) is 34.6 Å². The van der Waals surface area contributed by atoms with Crippen molar-refractivity contribution in [1.82, 2.24) is 14.9 Å². The van der Waals surface area contributed by atoms with Crippen LogP contribution < -0.4 is 10.9 Å². The fourth-order valence-corrected chi connectivity index (χ4v) is 3.39. The maximum atomic E-state index is 12.7. The Morgan fingerprint density at radius 2 is 2.05 bits per heavy atom. The smallest absolute Gasteiger partial charge is 0.262 e.